The monoisotopic (exact) mass is 483 g/mol. The van der Waals surface area contributed by atoms with Crippen LogP contribution in [0.3, 0.4) is 0 Å². The minimum absolute atomic E-state index is 0.131. The lowest BCUT2D eigenvalue weighted by Gasteiger charge is -2.71. The van der Waals surface area contributed by atoms with Crippen molar-refractivity contribution in [3.63, 3.8) is 0 Å². The quantitative estimate of drug-likeness (QED) is 0.544. The number of aliphatic hydroxyl groups is 1. The van der Waals surface area contributed by atoms with Crippen LogP contribution in [0.25, 0.3) is 0 Å². The molecule has 2 aliphatic heterocycles. The van der Waals surface area contributed by atoms with E-state index in [2.05, 4.69) is 52.2 Å². The predicted octanol–water partition coefficient (Wildman–Crippen LogP) is 5.22. The molecule has 2 fully saturated rings. The summed E-state index contributed by atoms with van der Waals surface area (Å²) >= 11 is 0. The lowest BCUT2D eigenvalue weighted by Crippen LogP contribution is -2.79. The SMILES string of the molecule is C=CCCN1CC[C@]23c4c5ccc(O)c4O[C@H]2C(CC)(OC)[C@@H]([C@](C)(O)C(C)(C)C)C[C@]3(C)[C@H]1C5. The first kappa shape index (κ1) is 25.1. The van der Waals surface area contributed by atoms with Crippen LogP contribution in [0.1, 0.15) is 78.4 Å². The Hall–Kier alpha value is -1.56. The summed E-state index contributed by atoms with van der Waals surface area (Å²) in [6.07, 6.45) is 6.19. The number of rotatable bonds is 6. The summed E-state index contributed by atoms with van der Waals surface area (Å²) < 4.78 is 13.5. The molecule has 1 unspecified atom stereocenters. The zero-order valence-electron chi connectivity index (χ0n) is 22.8. The van der Waals surface area contributed by atoms with E-state index >= 15 is 0 Å². The van der Waals surface area contributed by atoms with Crippen LogP contribution in [-0.4, -0.2) is 58.7 Å². The van der Waals surface area contributed by atoms with Gasteiger partial charge in [-0.25, -0.2) is 0 Å². The third kappa shape index (κ3) is 2.86. The third-order valence-corrected chi connectivity index (χ3v) is 11.2. The summed E-state index contributed by atoms with van der Waals surface area (Å²) in [6.45, 7) is 19.0. The van der Waals surface area contributed by atoms with E-state index < -0.39 is 11.2 Å². The normalized spacial score (nSPS) is 39.5. The molecule has 1 aromatic rings. The predicted molar refractivity (Wildman–Crippen MR) is 139 cm³/mol. The Morgan fingerprint density at radius 1 is 1.29 bits per heavy atom. The van der Waals surface area contributed by atoms with Gasteiger partial charge in [0, 0.05) is 36.6 Å². The molecule has 2 bridgehead atoms. The maximum absolute atomic E-state index is 12.3. The van der Waals surface area contributed by atoms with E-state index in [0.717, 1.165) is 45.2 Å². The van der Waals surface area contributed by atoms with Crippen LogP contribution in [0, 0.1) is 16.7 Å². The minimum Gasteiger partial charge on any atom is -0.504 e. The van der Waals surface area contributed by atoms with E-state index in [0.29, 0.717) is 11.8 Å². The van der Waals surface area contributed by atoms with Crippen molar-refractivity contribution >= 4 is 0 Å². The fourth-order valence-electron chi connectivity index (χ4n) is 8.77. The molecule has 1 spiro atoms. The van der Waals surface area contributed by atoms with Gasteiger partial charge in [-0.2, -0.15) is 0 Å². The van der Waals surface area contributed by atoms with Gasteiger partial charge in [-0.15, -0.1) is 6.58 Å². The number of likely N-dealkylation sites (tertiary alicyclic amines) is 1. The number of methoxy groups -OCH3 is 1. The van der Waals surface area contributed by atoms with Gasteiger partial charge < -0.3 is 19.7 Å². The minimum atomic E-state index is -0.982. The van der Waals surface area contributed by atoms with Crippen molar-refractivity contribution in [3.8, 4) is 11.5 Å². The van der Waals surface area contributed by atoms with Gasteiger partial charge in [-0.05, 0) is 68.0 Å². The second-order valence-corrected chi connectivity index (χ2v) is 13.1. The first-order valence-corrected chi connectivity index (χ1v) is 13.5. The van der Waals surface area contributed by atoms with Gasteiger partial charge in [0.2, 0.25) is 0 Å². The highest BCUT2D eigenvalue weighted by atomic mass is 16.6. The van der Waals surface area contributed by atoms with E-state index in [1.807, 2.05) is 13.0 Å². The highest BCUT2D eigenvalue weighted by Crippen LogP contribution is 2.73. The summed E-state index contributed by atoms with van der Waals surface area (Å²) in [4.78, 5) is 2.66. The highest BCUT2D eigenvalue weighted by molar-refractivity contribution is 5.62. The van der Waals surface area contributed by atoms with Gasteiger partial charge in [0.05, 0.1) is 5.60 Å². The Morgan fingerprint density at radius 3 is 2.60 bits per heavy atom. The van der Waals surface area contributed by atoms with Crippen molar-refractivity contribution in [2.24, 2.45) is 16.7 Å². The topological polar surface area (TPSA) is 62.2 Å². The summed E-state index contributed by atoms with van der Waals surface area (Å²) in [5.41, 5.74) is 0.110. The summed E-state index contributed by atoms with van der Waals surface area (Å²) in [5.74, 6) is 0.748. The van der Waals surface area contributed by atoms with Gasteiger partial charge in [-0.3, -0.25) is 4.90 Å². The standard InChI is InChI=1S/C30H45NO4/c1-9-11-15-31-16-14-29-23-19-12-13-20(32)24(23)35-25(29)30(10-2,34-8)21(28(7,33)26(3,4)5)18-27(29,6)22(31)17-19/h9,12-13,21-22,25,32-33H,1,10-11,14-18H2,2-8H3/t21-,22-,25-,27-,28+,29+,30?/m1/s1. The Morgan fingerprint density at radius 2 is 2.00 bits per heavy atom. The molecule has 0 aromatic heterocycles. The molecule has 1 aromatic carbocycles. The van der Waals surface area contributed by atoms with Crippen molar-refractivity contribution in [1.82, 2.24) is 4.90 Å². The number of phenolic OH excluding ortho intramolecular Hbond substituents is 1. The molecule has 5 rings (SSSR count). The maximum atomic E-state index is 12.3. The molecule has 4 aliphatic rings. The third-order valence-electron chi connectivity index (χ3n) is 11.2. The number of hydrogen-bond donors (Lipinski definition) is 2. The van der Waals surface area contributed by atoms with E-state index in [-0.39, 0.29) is 34.0 Å². The molecular weight excluding hydrogens is 438 g/mol. The van der Waals surface area contributed by atoms with Gasteiger partial charge >= 0.3 is 0 Å². The molecule has 5 nitrogen and oxygen atoms in total. The number of nitrogens with zero attached hydrogens (tertiary/aromatic N) is 1. The van der Waals surface area contributed by atoms with E-state index in [4.69, 9.17) is 9.47 Å². The van der Waals surface area contributed by atoms with Crippen LogP contribution >= 0.6 is 0 Å². The Kier molecular flexibility index (Phi) is 5.54. The number of piperidine rings is 1. The fraction of sp³-hybridized carbons (Fsp3) is 0.733. The summed E-state index contributed by atoms with van der Waals surface area (Å²) in [6, 6.07) is 4.25. The number of hydrogen-bond acceptors (Lipinski definition) is 5. The molecule has 2 heterocycles. The second kappa shape index (κ2) is 7.72. The number of ether oxygens (including phenoxy) is 2. The number of benzene rings is 1. The average molecular weight is 484 g/mol. The molecule has 1 saturated heterocycles. The zero-order valence-corrected chi connectivity index (χ0v) is 22.8. The smallest absolute Gasteiger partial charge is 0.165 e. The van der Waals surface area contributed by atoms with Crippen molar-refractivity contribution in [2.75, 3.05) is 20.2 Å². The molecule has 194 valence electrons. The molecule has 1 saturated carbocycles. The van der Waals surface area contributed by atoms with Crippen LogP contribution in [-0.2, 0) is 16.6 Å². The van der Waals surface area contributed by atoms with Crippen LogP contribution in [0.15, 0.2) is 24.8 Å². The number of aromatic hydroxyl groups is 1. The lowest BCUT2D eigenvalue weighted by molar-refractivity contribution is -0.277. The van der Waals surface area contributed by atoms with Gasteiger partial charge in [-0.1, -0.05) is 46.8 Å². The Labute approximate surface area is 211 Å². The number of phenols is 1. The summed E-state index contributed by atoms with van der Waals surface area (Å²) in [5, 5.41) is 23.3. The van der Waals surface area contributed by atoms with Crippen LogP contribution in [0.4, 0.5) is 0 Å². The Bertz CT molecular complexity index is 1020. The maximum Gasteiger partial charge on any atom is 0.165 e. The fourth-order valence-corrected chi connectivity index (χ4v) is 8.77. The highest BCUT2D eigenvalue weighted by Gasteiger charge is 2.78. The molecule has 2 N–H and O–H groups in total. The molecule has 7 atom stereocenters. The van der Waals surface area contributed by atoms with Crippen molar-refractivity contribution < 1.29 is 19.7 Å². The molecule has 35 heavy (non-hydrogen) atoms. The van der Waals surface area contributed by atoms with Crippen LogP contribution in [0.5, 0.6) is 11.5 Å². The van der Waals surface area contributed by atoms with Gasteiger partial charge in [0.25, 0.3) is 0 Å². The molecular formula is C30H45NO4. The van der Waals surface area contributed by atoms with Gasteiger partial charge in [0.1, 0.15) is 11.7 Å². The van der Waals surface area contributed by atoms with E-state index in [1.54, 1.807) is 13.2 Å². The molecule has 2 aliphatic carbocycles. The molecule has 0 radical (unpaired) electrons. The van der Waals surface area contributed by atoms with Crippen molar-refractivity contribution in [2.45, 2.75) is 102 Å². The first-order chi connectivity index (χ1) is 16.4. The van der Waals surface area contributed by atoms with E-state index in [1.165, 1.54) is 11.1 Å². The van der Waals surface area contributed by atoms with Crippen LogP contribution < -0.4 is 4.74 Å². The largest absolute Gasteiger partial charge is 0.504 e. The van der Waals surface area contributed by atoms with Crippen molar-refractivity contribution in [3.05, 3.63) is 35.9 Å². The average Bonchev–Trinajstić information content (AvgIpc) is 3.15. The van der Waals surface area contributed by atoms with Crippen molar-refractivity contribution in [1.29, 1.82) is 0 Å². The van der Waals surface area contributed by atoms with Crippen LogP contribution in [0.2, 0.25) is 0 Å². The lowest BCUT2D eigenvalue weighted by atomic mass is 9.38. The molecule has 5 heteroatoms. The van der Waals surface area contributed by atoms with E-state index in [9.17, 15) is 10.2 Å². The second-order valence-electron chi connectivity index (χ2n) is 13.1. The summed E-state index contributed by atoms with van der Waals surface area (Å²) in [7, 11) is 1.79. The first-order valence-electron chi connectivity index (χ1n) is 13.5. The zero-order chi connectivity index (χ0) is 25.6. The Balaban J connectivity index is 1.79. The van der Waals surface area contributed by atoms with Gasteiger partial charge in [0.15, 0.2) is 11.5 Å². The molecule has 0 amide bonds.